The maximum absolute atomic E-state index is 9.75. The lowest BCUT2D eigenvalue weighted by atomic mass is 10.1. The first-order valence-corrected chi connectivity index (χ1v) is 7.08. The molecule has 108 valence electrons. The van der Waals surface area contributed by atoms with Crippen LogP contribution >= 0.6 is 0 Å². The standard InChI is InChI=1S/C16H22N2O2/c1-4-16(19)13-6-8-15(9-7-13)20-11-14-10-12(3)17-18(14)5-2/h6-10,16,19H,4-5,11H2,1-3H3/t16-/m0/s1. The average molecular weight is 274 g/mol. The zero-order valence-corrected chi connectivity index (χ0v) is 12.3. The fourth-order valence-corrected chi connectivity index (χ4v) is 2.17. The highest BCUT2D eigenvalue weighted by Crippen LogP contribution is 2.20. The highest BCUT2D eigenvalue weighted by Gasteiger charge is 2.06. The number of benzene rings is 1. The number of nitrogens with zero attached hydrogens (tertiary/aromatic N) is 2. The number of aliphatic hydroxyl groups is 1. The van der Waals surface area contributed by atoms with Crippen molar-refractivity contribution < 1.29 is 9.84 Å². The fourth-order valence-electron chi connectivity index (χ4n) is 2.17. The Morgan fingerprint density at radius 3 is 2.55 bits per heavy atom. The SMILES string of the molecule is CC[C@H](O)c1ccc(OCc2cc(C)nn2CC)cc1. The van der Waals surface area contributed by atoms with Gasteiger partial charge in [0.1, 0.15) is 12.4 Å². The molecule has 1 atom stereocenters. The normalized spacial score (nSPS) is 12.4. The Labute approximate surface area is 120 Å². The van der Waals surface area contributed by atoms with E-state index in [1.165, 1.54) is 0 Å². The van der Waals surface area contributed by atoms with Gasteiger partial charge in [0.2, 0.25) is 0 Å². The largest absolute Gasteiger partial charge is 0.487 e. The second-order valence-corrected chi connectivity index (χ2v) is 4.87. The second-order valence-electron chi connectivity index (χ2n) is 4.87. The topological polar surface area (TPSA) is 47.3 Å². The van der Waals surface area contributed by atoms with Crippen LogP contribution in [0.5, 0.6) is 5.75 Å². The first-order chi connectivity index (χ1) is 9.63. The molecule has 0 bridgehead atoms. The van der Waals surface area contributed by atoms with E-state index in [9.17, 15) is 5.11 Å². The molecule has 1 heterocycles. The van der Waals surface area contributed by atoms with Gasteiger partial charge in [0, 0.05) is 6.54 Å². The molecule has 2 aromatic rings. The van der Waals surface area contributed by atoms with Crippen LogP contribution < -0.4 is 4.74 Å². The molecule has 1 aromatic carbocycles. The number of aryl methyl sites for hydroxylation is 2. The zero-order valence-electron chi connectivity index (χ0n) is 12.3. The molecular formula is C16H22N2O2. The van der Waals surface area contributed by atoms with Crippen molar-refractivity contribution in [1.82, 2.24) is 9.78 Å². The summed E-state index contributed by atoms with van der Waals surface area (Å²) in [5.41, 5.74) is 3.00. The predicted octanol–water partition coefficient (Wildman–Crippen LogP) is 3.23. The van der Waals surface area contributed by atoms with Gasteiger partial charge < -0.3 is 9.84 Å². The third kappa shape index (κ3) is 3.39. The predicted molar refractivity (Wildman–Crippen MR) is 78.7 cm³/mol. The van der Waals surface area contributed by atoms with Gasteiger partial charge in [-0.1, -0.05) is 19.1 Å². The van der Waals surface area contributed by atoms with Crippen molar-refractivity contribution in [1.29, 1.82) is 0 Å². The van der Waals surface area contributed by atoms with E-state index in [2.05, 4.69) is 12.0 Å². The molecule has 1 aromatic heterocycles. The van der Waals surface area contributed by atoms with Crippen LogP contribution in [-0.4, -0.2) is 14.9 Å². The highest BCUT2D eigenvalue weighted by atomic mass is 16.5. The van der Waals surface area contributed by atoms with Gasteiger partial charge >= 0.3 is 0 Å². The van der Waals surface area contributed by atoms with Crippen LogP contribution in [0, 0.1) is 6.92 Å². The lowest BCUT2D eigenvalue weighted by molar-refractivity contribution is 0.173. The van der Waals surface area contributed by atoms with Gasteiger partial charge in [-0.3, -0.25) is 4.68 Å². The number of aliphatic hydroxyl groups excluding tert-OH is 1. The summed E-state index contributed by atoms with van der Waals surface area (Å²) < 4.78 is 7.72. The van der Waals surface area contributed by atoms with Crippen LogP contribution in [0.2, 0.25) is 0 Å². The molecule has 0 amide bonds. The molecule has 0 unspecified atom stereocenters. The molecule has 20 heavy (non-hydrogen) atoms. The first-order valence-electron chi connectivity index (χ1n) is 7.08. The van der Waals surface area contributed by atoms with Gasteiger partial charge in [-0.05, 0) is 44.0 Å². The van der Waals surface area contributed by atoms with Crippen molar-refractivity contribution in [2.45, 2.75) is 46.4 Å². The van der Waals surface area contributed by atoms with E-state index in [4.69, 9.17) is 4.74 Å². The number of hydrogen-bond donors (Lipinski definition) is 1. The van der Waals surface area contributed by atoms with Crippen molar-refractivity contribution in [2.24, 2.45) is 0 Å². The van der Waals surface area contributed by atoms with Crippen molar-refractivity contribution in [2.75, 3.05) is 0 Å². The molecule has 0 radical (unpaired) electrons. The van der Waals surface area contributed by atoms with Crippen LogP contribution in [0.1, 0.15) is 43.3 Å². The molecule has 2 rings (SSSR count). The van der Waals surface area contributed by atoms with Gasteiger partial charge in [0.15, 0.2) is 0 Å². The molecule has 4 heteroatoms. The van der Waals surface area contributed by atoms with Crippen LogP contribution in [0.15, 0.2) is 30.3 Å². The van der Waals surface area contributed by atoms with E-state index in [1.807, 2.05) is 48.9 Å². The summed E-state index contributed by atoms with van der Waals surface area (Å²) in [4.78, 5) is 0. The Bertz CT molecular complexity index is 546. The van der Waals surface area contributed by atoms with Crippen LogP contribution in [-0.2, 0) is 13.2 Å². The molecule has 4 nitrogen and oxygen atoms in total. The molecule has 0 aliphatic heterocycles. The summed E-state index contributed by atoms with van der Waals surface area (Å²) in [7, 11) is 0. The summed E-state index contributed by atoms with van der Waals surface area (Å²) in [5, 5.41) is 14.1. The second kappa shape index (κ2) is 6.57. The molecule has 0 spiro atoms. The summed E-state index contributed by atoms with van der Waals surface area (Å²) in [6, 6.07) is 9.65. The Kier molecular flexibility index (Phi) is 4.79. The number of hydrogen-bond acceptors (Lipinski definition) is 3. The van der Waals surface area contributed by atoms with Gasteiger partial charge in [-0.2, -0.15) is 5.10 Å². The zero-order chi connectivity index (χ0) is 14.5. The first kappa shape index (κ1) is 14.6. The van der Waals surface area contributed by atoms with E-state index in [1.54, 1.807) is 0 Å². The molecule has 0 fully saturated rings. The quantitative estimate of drug-likeness (QED) is 0.879. The molecule has 0 saturated heterocycles. The summed E-state index contributed by atoms with van der Waals surface area (Å²) >= 11 is 0. The minimum atomic E-state index is -0.395. The number of ether oxygens (including phenoxy) is 1. The number of rotatable bonds is 6. The van der Waals surface area contributed by atoms with E-state index in [-0.39, 0.29) is 0 Å². The van der Waals surface area contributed by atoms with Crippen LogP contribution in [0.25, 0.3) is 0 Å². The highest BCUT2D eigenvalue weighted by molar-refractivity contribution is 5.28. The third-order valence-corrected chi connectivity index (χ3v) is 3.32. The van der Waals surface area contributed by atoms with Crippen molar-refractivity contribution in [3.05, 3.63) is 47.3 Å². The minimum absolute atomic E-state index is 0.395. The van der Waals surface area contributed by atoms with Crippen molar-refractivity contribution in [3.63, 3.8) is 0 Å². The maximum atomic E-state index is 9.75. The lowest BCUT2D eigenvalue weighted by Crippen LogP contribution is -2.06. The van der Waals surface area contributed by atoms with E-state index < -0.39 is 6.10 Å². The smallest absolute Gasteiger partial charge is 0.130 e. The Morgan fingerprint density at radius 1 is 1.25 bits per heavy atom. The van der Waals surface area contributed by atoms with Gasteiger partial charge in [-0.25, -0.2) is 0 Å². The average Bonchev–Trinajstić information content (AvgIpc) is 2.85. The van der Waals surface area contributed by atoms with Gasteiger partial charge in [0.25, 0.3) is 0 Å². The molecule has 1 N–H and O–H groups in total. The monoisotopic (exact) mass is 274 g/mol. The van der Waals surface area contributed by atoms with Gasteiger partial charge in [-0.15, -0.1) is 0 Å². The van der Waals surface area contributed by atoms with Crippen molar-refractivity contribution >= 4 is 0 Å². The molecular weight excluding hydrogens is 252 g/mol. The lowest BCUT2D eigenvalue weighted by Gasteiger charge is -2.10. The summed E-state index contributed by atoms with van der Waals surface area (Å²) in [5.74, 6) is 0.804. The maximum Gasteiger partial charge on any atom is 0.130 e. The minimum Gasteiger partial charge on any atom is -0.487 e. The molecule has 0 aliphatic carbocycles. The molecule has 0 saturated carbocycles. The van der Waals surface area contributed by atoms with E-state index >= 15 is 0 Å². The Balaban J connectivity index is 2.00. The molecule has 0 aliphatic rings. The fraction of sp³-hybridized carbons (Fsp3) is 0.438. The van der Waals surface area contributed by atoms with E-state index in [0.29, 0.717) is 6.61 Å². The number of aromatic nitrogens is 2. The van der Waals surface area contributed by atoms with E-state index in [0.717, 1.165) is 35.7 Å². The summed E-state index contributed by atoms with van der Waals surface area (Å²) in [6.45, 7) is 7.36. The Hall–Kier alpha value is -1.81. The van der Waals surface area contributed by atoms with Crippen LogP contribution in [0.3, 0.4) is 0 Å². The summed E-state index contributed by atoms with van der Waals surface area (Å²) in [6.07, 6.45) is 0.322. The van der Waals surface area contributed by atoms with Crippen molar-refractivity contribution in [3.8, 4) is 5.75 Å². The Morgan fingerprint density at radius 2 is 1.95 bits per heavy atom. The van der Waals surface area contributed by atoms with Crippen LogP contribution in [0.4, 0.5) is 0 Å². The van der Waals surface area contributed by atoms with Gasteiger partial charge in [0.05, 0.1) is 17.5 Å². The third-order valence-electron chi connectivity index (χ3n) is 3.32.